The molecule has 1 aromatic rings. The standard InChI is InChI=1S/C16H14F6N2O2/c1-14(8-23,9-2-3-9)24-13(25)7-26-12-5-10(15(17,18)19)4-11(6-12)16(20,21)22/h4-6,9H,2-3,7H2,1H3,(H,24,25). The summed E-state index contributed by atoms with van der Waals surface area (Å²) in [5.41, 5.74) is -4.23. The molecule has 1 atom stereocenters. The molecule has 2 rings (SSSR count). The van der Waals surface area contributed by atoms with Crippen LogP contribution in [0.15, 0.2) is 18.2 Å². The highest BCUT2D eigenvalue weighted by Crippen LogP contribution is 2.39. The van der Waals surface area contributed by atoms with E-state index in [1.165, 1.54) is 6.92 Å². The second-order valence-corrected chi connectivity index (χ2v) is 6.17. The predicted molar refractivity (Wildman–Crippen MR) is 76.8 cm³/mol. The van der Waals surface area contributed by atoms with Gasteiger partial charge in [-0.15, -0.1) is 0 Å². The maximum absolute atomic E-state index is 12.8. The summed E-state index contributed by atoms with van der Waals surface area (Å²) in [6.07, 6.45) is -8.53. The van der Waals surface area contributed by atoms with Gasteiger partial charge in [-0.25, -0.2) is 0 Å². The number of nitrogens with zero attached hydrogens (tertiary/aromatic N) is 1. The van der Waals surface area contributed by atoms with Crippen LogP contribution in [0.25, 0.3) is 0 Å². The minimum atomic E-state index is -5.01. The van der Waals surface area contributed by atoms with E-state index in [9.17, 15) is 31.1 Å². The second kappa shape index (κ2) is 6.70. The summed E-state index contributed by atoms with van der Waals surface area (Å²) >= 11 is 0. The van der Waals surface area contributed by atoms with Crippen molar-refractivity contribution in [1.82, 2.24) is 5.32 Å². The number of hydrogen-bond acceptors (Lipinski definition) is 3. The third-order valence-electron chi connectivity index (χ3n) is 3.96. The van der Waals surface area contributed by atoms with Crippen LogP contribution in [0, 0.1) is 17.2 Å². The van der Waals surface area contributed by atoms with Gasteiger partial charge in [-0.3, -0.25) is 4.79 Å². The van der Waals surface area contributed by atoms with Gasteiger partial charge < -0.3 is 10.1 Å². The summed E-state index contributed by atoms with van der Waals surface area (Å²) in [7, 11) is 0. The first-order chi connectivity index (χ1) is 11.8. The van der Waals surface area contributed by atoms with Gasteiger partial charge in [-0.1, -0.05) is 0 Å². The Bertz CT molecular complexity index is 701. The number of amides is 1. The number of nitriles is 1. The third-order valence-corrected chi connectivity index (χ3v) is 3.96. The number of rotatable bonds is 5. The number of alkyl halides is 6. The van der Waals surface area contributed by atoms with Crippen molar-refractivity contribution >= 4 is 5.91 Å². The fourth-order valence-electron chi connectivity index (χ4n) is 2.37. The molecule has 0 radical (unpaired) electrons. The number of halogens is 6. The smallest absolute Gasteiger partial charge is 0.416 e. The number of ether oxygens (including phenoxy) is 1. The molecule has 0 bridgehead atoms. The summed E-state index contributed by atoms with van der Waals surface area (Å²) in [5, 5.41) is 11.5. The molecule has 0 aliphatic heterocycles. The Morgan fingerprint density at radius 3 is 2.04 bits per heavy atom. The molecule has 1 unspecified atom stereocenters. The van der Waals surface area contributed by atoms with Gasteiger partial charge in [0.2, 0.25) is 0 Å². The molecular weight excluding hydrogens is 366 g/mol. The van der Waals surface area contributed by atoms with Crippen LogP contribution in [0.3, 0.4) is 0 Å². The average Bonchev–Trinajstić information content (AvgIpc) is 3.36. The molecule has 0 heterocycles. The molecule has 4 nitrogen and oxygen atoms in total. The SMILES string of the molecule is CC(C#N)(NC(=O)COc1cc(C(F)(F)F)cc(C(F)(F)F)c1)C1CC1. The number of benzene rings is 1. The first-order valence-corrected chi connectivity index (χ1v) is 7.50. The maximum Gasteiger partial charge on any atom is 0.416 e. The lowest BCUT2D eigenvalue weighted by Gasteiger charge is -2.23. The topological polar surface area (TPSA) is 62.1 Å². The molecule has 10 heteroatoms. The molecule has 1 aliphatic rings. The van der Waals surface area contributed by atoms with Crippen molar-refractivity contribution in [1.29, 1.82) is 5.26 Å². The van der Waals surface area contributed by atoms with Crippen molar-refractivity contribution in [2.24, 2.45) is 5.92 Å². The highest BCUT2D eigenvalue weighted by Gasteiger charge is 2.43. The molecule has 1 N–H and O–H groups in total. The van der Waals surface area contributed by atoms with E-state index < -0.39 is 47.3 Å². The predicted octanol–water partition coefficient (Wildman–Crippen LogP) is 3.91. The van der Waals surface area contributed by atoms with Crippen molar-refractivity contribution < 1.29 is 35.9 Å². The molecule has 142 valence electrons. The zero-order chi connectivity index (χ0) is 19.8. The molecule has 1 saturated carbocycles. The Hall–Kier alpha value is -2.44. The van der Waals surface area contributed by atoms with E-state index in [4.69, 9.17) is 10.00 Å². The Balaban J connectivity index is 2.13. The zero-order valence-corrected chi connectivity index (χ0v) is 13.5. The van der Waals surface area contributed by atoms with E-state index in [0.717, 1.165) is 12.8 Å². The lowest BCUT2D eigenvalue weighted by atomic mass is 9.98. The average molecular weight is 380 g/mol. The zero-order valence-electron chi connectivity index (χ0n) is 13.5. The van der Waals surface area contributed by atoms with E-state index in [1.807, 2.05) is 6.07 Å². The molecule has 0 spiro atoms. The van der Waals surface area contributed by atoms with E-state index in [1.54, 1.807) is 0 Å². The fourth-order valence-corrected chi connectivity index (χ4v) is 2.37. The molecule has 0 aromatic heterocycles. The van der Waals surface area contributed by atoms with Crippen LogP contribution >= 0.6 is 0 Å². The number of hydrogen-bond donors (Lipinski definition) is 1. The van der Waals surface area contributed by atoms with Gasteiger partial charge in [0.1, 0.15) is 11.3 Å². The Kier molecular flexibility index (Phi) is 5.12. The molecule has 26 heavy (non-hydrogen) atoms. The molecule has 1 aromatic carbocycles. The Morgan fingerprint density at radius 1 is 1.15 bits per heavy atom. The molecule has 0 saturated heterocycles. The van der Waals surface area contributed by atoms with E-state index in [-0.39, 0.29) is 12.0 Å². The quantitative estimate of drug-likeness (QED) is 0.788. The van der Waals surface area contributed by atoms with Gasteiger partial charge in [-0.2, -0.15) is 31.6 Å². The second-order valence-electron chi connectivity index (χ2n) is 6.17. The van der Waals surface area contributed by atoms with Crippen LogP contribution in [0.1, 0.15) is 30.9 Å². The summed E-state index contributed by atoms with van der Waals surface area (Å²) in [5.74, 6) is -1.60. The molecular formula is C16H14F6N2O2. The van der Waals surface area contributed by atoms with Gasteiger partial charge in [0.05, 0.1) is 17.2 Å². The van der Waals surface area contributed by atoms with E-state index >= 15 is 0 Å². The number of carbonyl (C=O) groups is 1. The number of nitrogens with one attached hydrogen (secondary N) is 1. The van der Waals surface area contributed by atoms with Crippen LogP contribution < -0.4 is 10.1 Å². The van der Waals surface area contributed by atoms with Crippen LogP contribution in [0.4, 0.5) is 26.3 Å². The van der Waals surface area contributed by atoms with Crippen molar-refractivity contribution in [3.8, 4) is 11.8 Å². The van der Waals surface area contributed by atoms with Crippen LogP contribution in [0.5, 0.6) is 5.75 Å². The molecule has 1 aliphatic carbocycles. The van der Waals surface area contributed by atoms with Gasteiger partial charge >= 0.3 is 12.4 Å². The minimum absolute atomic E-state index is 0.0349. The largest absolute Gasteiger partial charge is 0.484 e. The van der Waals surface area contributed by atoms with Crippen LogP contribution in [-0.4, -0.2) is 18.1 Å². The van der Waals surface area contributed by atoms with Crippen molar-refractivity contribution in [2.45, 2.75) is 37.7 Å². The Labute approximate surface area is 144 Å². The van der Waals surface area contributed by atoms with E-state index in [2.05, 4.69) is 5.32 Å². The summed E-state index contributed by atoms with van der Waals surface area (Å²) in [4.78, 5) is 11.9. The van der Waals surface area contributed by atoms with Crippen LogP contribution in [0.2, 0.25) is 0 Å². The minimum Gasteiger partial charge on any atom is -0.484 e. The molecule has 1 amide bonds. The van der Waals surface area contributed by atoms with Gasteiger partial charge in [0, 0.05) is 0 Å². The van der Waals surface area contributed by atoms with Crippen molar-refractivity contribution in [2.75, 3.05) is 6.61 Å². The third kappa shape index (κ3) is 4.80. The highest BCUT2D eigenvalue weighted by molar-refractivity contribution is 5.79. The lowest BCUT2D eigenvalue weighted by molar-refractivity contribution is -0.143. The number of carbonyl (C=O) groups excluding carboxylic acids is 1. The summed E-state index contributed by atoms with van der Waals surface area (Å²) in [6.45, 7) is 0.678. The van der Waals surface area contributed by atoms with Gasteiger partial charge in [-0.05, 0) is 43.9 Å². The Morgan fingerprint density at radius 2 is 1.65 bits per heavy atom. The summed E-state index contributed by atoms with van der Waals surface area (Å²) in [6, 6.07) is 2.67. The van der Waals surface area contributed by atoms with E-state index in [0.29, 0.717) is 12.1 Å². The normalized spacial score (nSPS) is 17.2. The van der Waals surface area contributed by atoms with Crippen LogP contribution in [-0.2, 0) is 17.1 Å². The van der Waals surface area contributed by atoms with Gasteiger partial charge in [0.15, 0.2) is 6.61 Å². The van der Waals surface area contributed by atoms with Crippen molar-refractivity contribution in [3.05, 3.63) is 29.3 Å². The molecule has 1 fully saturated rings. The van der Waals surface area contributed by atoms with Crippen molar-refractivity contribution in [3.63, 3.8) is 0 Å². The first-order valence-electron chi connectivity index (χ1n) is 7.50. The monoisotopic (exact) mass is 380 g/mol. The fraction of sp³-hybridized carbons (Fsp3) is 0.500. The van der Waals surface area contributed by atoms with Gasteiger partial charge in [0.25, 0.3) is 5.91 Å². The first kappa shape index (κ1) is 19.9. The lowest BCUT2D eigenvalue weighted by Crippen LogP contribution is -2.48. The maximum atomic E-state index is 12.8. The summed E-state index contributed by atoms with van der Waals surface area (Å²) < 4.78 is 81.4. The highest BCUT2D eigenvalue weighted by atomic mass is 19.4.